The van der Waals surface area contributed by atoms with Crippen molar-refractivity contribution in [3.05, 3.63) is 0 Å². The molecule has 6 heteroatoms. The summed E-state index contributed by atoms with van der Waals surface area (Å²) in [7, 11) is 0. The molecular weight excluding hydrogens is 212 g/mol. The van der Waals surface area contributed by atoms with E-state index >= 15 is 0 Å². The number of amides is 2. The highest BCUT2D eigenvalue weighted by atomic mass is 16.4. The van der Waals surface area contributed by atoms with Crippen LogP contribution in [-0.4, -0.2) is 52.9 Å². The van der Waals surface area contributed by atoms with E-state index in [-0.39, 0.29) is 0 Å². The van der Waals surface area contributed by atoms with Crippen LogP contribution < -0.4 is 5.32 Å². The molecule has 0 aliphatic carbocycles. The summed E-state index contributed by atoms with van der Waals surface area (Å²) in [6, 6.07) is -1.67. The molecule has 6 nitrogen and oxygen atoms in total. The predicted molar refractivity (Wildman–Crippen MR) is 59.2 cm³/mol. The predicted octanol–water partition coefficient (Wildman–Crippen LogP) is 0.263. The van der Waals surface area contributed by atoms with E-state index in [4.69, 9.17) is 10.2 Å². The number of carbonyl (C=O) groups excluding carboxylic acids is 1. The fourth-order valence-electron chi connectivity index (χ4n) is 1.28. The standard InChI is InChI=1S/C10H20N2O4/c1-3-5-12(6-4-2)10(16)11-8(7-13)9(14)15/h8,13H,3-7H2,1-2H3,(H,11,16)(H,14,15)/t8-/m0/s1. The van der Waals surface area contributed by atoms with Crippen LogP contribution in [0.1, 0.15) is 26.7 Å². The maximum absolute atomic E-state index is 11.6. The molecule has 0 radical (unpaired) electrons. The average molecular weight is 232 g/mol. The summed E-state index contributed by atoms with van der Waals surface area (Å²) in [6.07, 6.45) is 1.62. The molecule has 0 aromatic heterocycles. The van der Waals surface area contributed by atoms with Crippen molar-refractivity contribution < 1.29 is 19.8 Å². The molecule has 0 rings (SSSR count). The van der Waals surface area contributed by atoms with Crippen LogP contribution in [0.15, 0.2) is 0 Å². The number of carboxylic acids is 1. The van der Waals surface area contributed by atoms with Crippen molar-refractivity contribution in [3.63, 3.8) is 0 Å². The Balaban J connectivity index is 4.32. The minimum atomic E-state index is -1.23. The Bertz CT molecular complexity index is 227. The second-order valence-electron chi connectivity index (χ2n) is 3.51. The van der Waals surface area contributed by atoms with E-state index in [1.54, 1.807) is 4.90 Å². The van der Waals surface area contributed by atoms with Gasteiger partial charge in [-0.2, -0.15) is 0 Å². The third-order valence-electron chi connectivity index (χ3n) is 2.05. The Labute approximate surface area is 95.2 Å². The number of aliphatic hydroxyl groups excluding tert-OH is 1. The normalized spacial score (nSPS) is 11.9. The van der Waals surface area contributed by atoms with Crippen molar-refractivity contribution >= 4 is 12.0 Å². The monoisotopic (exact) mass is 232 g/mol. The molecule has 0 unspecified atom stereocenters. The fourth-order valence-corrected chi connectivity index (χ4v) is 1.28. The van der Waals surface area contributed by atoms with Crippen molar-refractivity contribution in [2.24, 2.45) is 0 Å². The van der Waals surface area contributed by atoms with Crippen molar-refractivity contribution in [1.29, 1.82) is 0 Å². The number of hydrogen-bond donors (Lipinski definition) is 3. The van der Waals surface area contributed by atoms with Crippen LogP contribution in [0.25, 0.3) is 0 Å². The van der Waals surface area contributed by atoms with Gasteiger partial charge in [-0.15, -0.1) is 0 Å². The summed E-state index contributed by atoms with van der Waals surface area (Å²) in [4.78, 5) is 23.8. The van der Waals surface area contributed by atoms with Gasteiger partial charge in [0.1, 0.15) is 0 Å². The molecular formula is C10H20N2O4. The first-order valence-electron chi connectivity index (χ1n) is 5.45. The van der Waals surface area contributed by atoms with E-state index in [0.29, 0.717) is 13.1 Å². The van der Waals surface area contributed by atoms with Gasteiger partial charge in [0.05, 0.1) is 6.61 Å². The van der Waals surface area contributed by atoms with Crippen molar-refractivity contribution in [2.75, 3.05) is 19.7 Å². The molecule has 0 saturated carbocycles. The van der Waals surface area contributed by atoms with Gasteiger partial charge in [-0.3, -0.25) is 0 Å². The van der Waals surface area contributed by atoms with Gasteiger partial charge in [-0.05, 0) is 12.8 Å². The quantitative estimate of drug-likeness (QED) is 0.587. The highest BCUT2D eigenvalue weighted by molar-refractivity contribution is 5.82. The zero-order chi connectivity index (χ0) is 12.6. The number of nitrogens with zero attached hydrogens (tertiary/aromatic N) is 1. The summed E-state index contributed by atoms with van der Waals surface area (Å²) < 4.78 is 0. The van der Waals surface area contributed by atoms with Crippen LogP contribution in [0.4, 0.5) is 4.79 Å². The highest BCUT2D eigenvalue weighted by Crippen LogP contribution is 1.96. The number of urea groups is 1. The second-order valence-corrected chi connectivity index (χ2v) is 3.51. The summed E-state index contributed by atoms with van der Waals surface area (Å²) in [5.74, 6) is -1.23. The first-order valence-corrected chi connectivity index (χ1v) is 5.45. The minimum absolute atomic E-state index is 0.440. The van der Waals surface area contributed by atoms with Gasteiger partial charge in [0, 0.05) is 13.1 Å². The van der Waals surface area contributed by atoms with Gasteiger partial charge in [0.25, 0.3) is 0 Å². The average Bonchev–Trinajstić information content (AvgIpc) is 2.24. The zero-order valence-electron chi connectivity index (χ0n) is 9.77. The lowest BCUT2D eigenvalue weighted by atomic mass is 10.3. The topological polar surface area (TPSA) is 89.9 Å². The van der Waals surface area contributed by atoms with Crippen molar-refractivity contribution in [1.82, 2.24) is 10.2 Å². The van der Waals surface area contributed by atoms with E-state index in [1.807, 2.05) is 13.8 Å². The molecule has 1 atom stereocenters. The van der Waals surface area contributed by atoms with Gasteiger partial charge in [-0.25, -0.2) is 9.59 Å². The Kier molecular flexibility index (Phi) is 7.28. The molecule has 0 aliphatic heterocycles. The summed E-state index contributed by atoms with van der Waals surface area (Å²) in [5.41, 5.74) is 0. The first-order chi connectivity index (χ1) is 7.56. The molecule has 3 N–H and O–H groups in total. The van der Waals surface area contributed by atoms with Crippen LogP contribution in [0.3, 0.4) is 0 Å². The first kappa shape index (κ1) is 14.7. The maximum Gasteiger partial charge on any atom is 0.328 e. The Morgan fingerprint density at radius 1 is 1.25 bits per heavy atom. The molecule has 0 aliphatic rings. The Morgan fingerprint density at radius 3 is 2.06 bits per heavy atom. The molecule has 0 aromatic rings. The lowest BCUT2D eigenvalue weighted by Crippen LogP contribution is -2.49. The summed E-state index contributed by atoms with van der Waals surface area (Å²) in [6.45, 7) is 4.44. The number of rotatable bonds is 7. The SMILES string of the molecule is CCCN(CCC)C(=O)N[C@@H](CO)C(=O)O. The third kappa shape index (κ3) is 4.97. The van der Waals surface area contributed by atoms with E-state index in [9.17, 15) is 9.59 Å². The molecule has 0 heterocycles. The lowest BCUT2D eigenvalue weighted by Gasteiger charge is -2.23. The zero-order valence-corrected chi connectivity index (χ0v) is 9.77. The maximum atomic E-state index is 11.6. The van der Waals surface area contributed by atoms with Gasteiger partial charge in [0.2, 0.25) is 0 Å². The minimum Gasteiger partial charge on any atom is -0.480 e. The van der Waals surface area contributed by atoms with Crippen LogP contribution in [-0.2, 0) is 4.79 Å². The summed E-state index contributed by atoms with van der Waals surface area (Å²) >= 11 is 0. The molecule has 2 amide bonds. The van der Waals surface area contributed by atoms with Gasteiger partial charge < -0.3 is 20.4 Å². The van der Waals surface area contributed by atoms with Crippen LogP contribution >= 0.6 is 0 Å². The molecule has 0 spiro atoms. The Hall–Kier alpha value is -1.30. The number of aliphatic hydroxyl groups is 1. The Morgan fingerprint density at radius 2 is 1.75 bits per heavy atom. The number of carbonyl (C=O) groups is 2. The van der Waals surface area contributed by atoms with Crippen LogP contribution in [0.2, 0.25) is 0 Å². The number of carboxylic acid groups (broad SMARTS) is 1. The molecule has 0 saturated heterocycles. The second kappa shape index (κ2) is 7.92. The van der Waals surface area contributed by atoms with Gasteiger partial charge >= 0.3 is 12.0 Å². The van der Waals surface area contributed by atoms with Crippen molar-refractivity contribution in [3.8, 4) is 0 Å². The third-order valence-corrected chi connectivity index (χ3v) is 2.05. The number of aliphatic carboxylic acids is 1. The van der Waals surface area contributed by atoms with E-state index < -0.39 is 24.6 Å². The lowest BCUT2D eigenvalue weighted by molar-refractivity contribution is -0.140. The fraction of sp³-hybridized carbons (Fsp3) is 0.800. The molecule has 94 valence electrons. The number of nitrogens with one attached hydrogen (secondary N) is 1. The van der Waals surface area contributed by atoms with E-state index in [1.165, 1.54) is 0 Å². The van der Waals surface area contributed by atoms with E-state index in [0.717, 1.165) is 12.8 Å². The van der Waals surface area contributed by atoms with E-state index in [2.05, 4.69) is 5.32 Å². The van der Waals surface area contributed by atoms with Gasteiger partial charge in [-0.1, -0.05) is 13.8 Å². The van der Waals surface area contributed by atoms with Gasteiger partial charge in [0.15, 0.2) is 6.04 Å². The highest BCUT2D eigenvalue weighted by Gasteiger charge is 2.21. The molecule has 16 heavy (non-hydrogen) atoms. The van der Waals surface area contributed by atoms with Crippen LogP contribution in [0, 0.1) is 0 Å². The van der Waals surface area contributed by atoms with Crippen molar-refractivity contribution in [2.45, 2.75) is 32.7 Å². The summed E-state index contributed by atoms with van der Waals surface area (Å²) in [5, 5.41) is 19.7. The number of hydrogen-bond acceptors (Lipinski definition) is 3. The molecule has 0 bridgehead atoms. The largest absolute Gasteiger partial charge is 0.480 e. The van der Waals surface area contributed by atoms with Crippen LogP contribution in [0.5, 0.6) is 0 Å². The molecule has 0 aromatic carbocycles. The molecule has 0 fully saturated rings. The smallest absolute Gasteiger partial charge is 0.328 e.